The fourth-order valence-corrected chi connectivity index (χ4v) is 4.30. The van der Waals surface area contributed by atoms with Crippen LogP contribution in [0.5, 0.6) is 0 Å². The first-order valence-corrected chi connectivity index (χ1v) is 9.63. The molecule has 0 spiro atoms. The van der Waals surface area contributed by atoms with E-state index in [9.17, 15) is 13.2 Å². The molecule has 8 heteroatoms. The summed E-state index contributed by atoms with van der Waals surface area (Å²) in [5.74, 6) is -0.340. The predicted molar refractivity (Wildman–Crippen MR) is 97.3 cm³/mol. The minimum atomic E-state index is -3.78. The third-order valence-corrected chi connectivity index (χ3v) is 6.10. The molecule has 0 saturated heterocycles. The standard InChI is InChI=1S/C16H13ClN2O3S2/c1-9-8-10(24(18,21)22)6-7-12(9)19-16(20)15-14(17)11-4-2-3-5-13(11)23-15/h2-8H,1H3,(H,19,20)(H2,18,21,22). The van der Waals surface area contributed by atoms with Crippen molar-refractivity contribution in [2.75, 3.05) is 5.32 Å². The van der Waals surface area contributed by atoms with Gasteiger partial charge in [-0.1, -0.05) is 29.8 Å². The molecule has 0 bridgehead atoms. The van der Waals surface area contributed by atoms with Crippen LogP contribution in [0, 0.1) is 6.92 Å². The van der Waals surface area contributed by atoms with E-state index in [0.717, 1.165) is 10.1 Å². The van der Waals surface area contributed by atoms with E-state index in [1.165, 1.54) is 29.5 Å². The molecule has 0 aliphatic carbocycles. The zero-order valence-corrected chi connectivity index (χ0v) is 14.9. The van der Waals surface area contributed by atoms with Gasteiger partial charge < -0.3 is 5.32 Å². The lowest BCUT2D eigenvalue weighted by Crippen LogP contribution is -2.14. The molecule has 5 nitrogen and oxygen atoms in total. The summed E-state index contributed by atoms with van der Waals surface area (Å²) in [6.07, 6.45) is 0. The number of benzene rings is 2. The fourth-order valence-electron chi connectivity index (χ4n) is 2.29. The van der Waals surface area contributed by atoms with Crippen LogP contribution in [0.15, 0.2) is 47.4 Å². The van der Waals surface area contributed by atoms with Crippen molar-refractivity contribution in [2.45, 2.75) is 11.8 Å². The van der Waals surface area contributed by atoms with Crippen LogP contribution in [0.2, 0.25) is 5.02 Å². The maximum absolute atomic E-state index is 12.5. The summed E-state index contributed by atoms with van der Waals surface area (Å²) in [7, 11) is -3.78. The van der Waals surface area contributed by atoms with Gasteiger partial charge >= 0.3 is 0 Å². The Kier molecular flexibility index (Phi) is 4.35. The van der Waals surface area contributed by atoms with Crippen LogP contribution in [0.3, 0.4) is 0 Å². The highest BCUT2D eigenvalue weighted by molar-refractivity contribution is 7.89. The van der Waals surface area contributed by atoms with Crippen LogP contribution in [0.25, 0.3) is 10.1 Å². The summed E-state index contributed by atoms with van der Waals surface area (Å²) in [6.45, 7) is 1.69. The van der Waals surface area contributed by atoms with Gasteiger partial charge in [0, 0.05) is 15.8 Å². The van der Waals surface area contributed by atoms with Crippen molar-refractivity contribution in [1.29, 1.82) is 0 Å². The van der Waals surface area contributed by atoms with Gasteiger partial charge in [-0.05, 0) is 36.8 Å². The first-order valence-electron chi connectivity index (χ1n) is 6.89. The van der Waals surface area contributed by atoms with Gasteiger partial charge in [0.15, 0.2) is 0 Å². The zero-order chi connectivity index (χ0) is 17.5. The van der Waals surface area contributed by atoms with E-state index < -0.39 is 10.0 Å². The van der Waals surface area contributed by atoms with Gasteiger partial charge in [0.25, 0.3) is 5.91 Å². The van der Waals surface area contributed by atoms with Crippen LogP contribution in [-0.4, -0.2) is 14.3 Å². The highest BCUT2D eigenvalue weighted by Gasteiger charge is 2.18. The average Bonchev–Trinajstić information content (AvgIpc) is 2.86. The SMILES string of the molecule is Cc1cc(S(N)(=O)=O)ccc1NC(=O)c1sc2ccccc2c1Cl. The third-order valence-electron chi connectivity index (χ3n) is 3.52. The minimum Gasteiger partial charge on any atom is -0.321 e. The molecule has 0 atom stereocenters. The van der Waals surface area contributed by atoms with Gasteiger partial charge in [0.05, 0.1) is 9.92 Å². The maximum Gasteiger partial charge on any atom is 0.267 e. The lowest BCUT2D eigenvalue weighted by atomic mass is 10.2. The van der Waals surface area contributed by atoms with Gasteiger partial charge in [-0.25, -0.2) is 13.6 Å². The number of nitrogens with two attached hydrogens (primary N) is 1. The first-order chi connectivity index (χ1) is 11.3. The second-order valence-electron chi connectivity index (χ2n) is 5.22. The quantitative estimate of drug-likeness (QED) is 0.724. The van der Waals surface area contributed by atoms with Crippen LogP contribution in [-0.2, 0) is 10.0 Å². The summed E-state index contributed by atoms with van der Waals surface area (Å²) >= 11 is 7.60. The topological polar surface area (TPSA) is 89.3 Å². The average molecular weight is 381 g/mol. The Morgan fingerprint density at radius 1 is 1.21 bits per heavy atom. The summed E-state index contributed by atoms with van der Waals surface area (Å²) in [5.41, 5.74) is 1.09. The maximum atomic E-state index is 12.5. The number of thiophene rings is 1. The van der Waals surface area contributed by atoms with Crippen molar-refractivity contribution in [3.8, 4) is 0 Å². The fraction of sp³-hybridized carbons (Fsp3) is 0.0625. The van der Waals surface area contributed by atoms with Crippen molar-refractivity contribution in [3.05, 3.63) is 57.9 Å². The molecular formula is C16H13ClN2O3S2. The van der Waals surface area contributed by atoms with Crippen molar-refractivity contribution in [1.82, 2.24) is 0 Å². The predicted octanol–water partition coefficient (Wildman–Crippen LogP) is 3.76. The summed E-state index contributed by atoms with van der Waals surface area (Å²) in [4.78, 5) is 12.9. The number of halogens is 1. The molecule has 3 N–H and O–H groups in total. The van der Waals surface area contributed by atoms with Gasteiger partial charge in [-0.15, -0.1) is 11.3 Å². The molecule has 0 saturated carbocycles. The molecule has 3 aromatic rings. The van der Waals surface area contributed by atoms with Crippen LogP contribution < -0.4 is 10.5 Å². The number of amides is 1. The van der Waals surface area contributed by atoms with Crippen LogP contribution in [0.4, 0.5) is 5.69 Å². The number of nitrogens with one attached hydrogen (secondary N) is 1. The number of sulfonamides is 1. The summed E-state index contributed by atoms with van der Waals surface area (Å²) in [5, 5.41) is 9.10. The van der Waals surface area contributed by atoms with Crippen molar-refractivity contribution in [3.63, 3.8) is 0 Å². The molecule has 3 rings (SSSR count). The largest absolute Gasteiger partial charge is 0.321 e. The molecule has 0 unspecified atom stereocenters. The molecule has 1 aromatic heterocycles. The smallest absolute Gasteiger partial charge is 0.267 e. The highest BCUT2D eigenvalue weighted by Crippen LogP contribution is 2.35. The molecule has 1 heterocycles. The van der Waals surface area contributed by atoms with E-state index in [1.54, 1.807) is 6.92 Å². The second kappa shape index (κ2) is 6.18. The number of hydrogen-bond acceptors (Lipinski definition) is 4. The molecule has 1 amide bonds. The van der Waals surface area contributed by atoms with Gasteiger partial charge in [0.2, 0.25) is 10.0 Å². The van der Waals surface area contributed by atoms with Crippen LogP contribution >= 0.6 is 22.9 Å². The Hall–Kier alpha value is -1.93. The third kappa shape index (κ3) is 3.16. The normalized spacial score (nSPS) is 11.6. The Bertz CT molecular complexity index is 1060. The number of primary sulfonamides is 1. The van der Waals surface area contributed by atoms with E-state index in [0.29, 0.717) is 21.2 Å². The number of rotatable bonds is 3. The molecule has 124 valence electrons. The Morgan fingerprint density at radius 2 is 1.92 bits per heavy atom. The summed E-state index contributed by atoms with van der Waals surface area (Å²) < 4.78 is 23.6. The molecule has 24 heavy (non-hydrogen) atoms. The molecule has 0 radical (unpaired) electrons. The Labute approximate surface area is 148 Å². The molecule has 2 aromatic carbocycles. The van der Waals surface area contributed by atoms with E-state index in [1.807, 2.05) is 24.3 Å². The van der Waals surface area contributed by atoms with Gasteiger partial charge in [-0.3, -0.25) is 4.79 Å². The highest BCUT2D eigenvalue weighted by atomic mass is 35.5. The van der Waals surface area contributed by atoms with Crippen molar-refractivity contribution < 1.29 is 13.2 Å². The molecular weight excluding hydrogens is 368 g/mol. The Morgan fingerprint density at radius 3 is 2.54 bits per heavy atom. The van der Waals surface area contributed by atoms with Gasteiger partial charge in [-0.2, -0.15) is 0 Å². The Balaban J connectivity index is 1.93. The number of anilines is 1. The number of hydrogen-bond donors (Lipinski definition) is 2. The van der Waals surface area contributed by atoms with Crippen molar-refractivity contribution >= 4 is 54.6 Å². The van der Waals surface area contributed by atoms with E-state index in [2.05, 4.69) is 5.32 Å². The lowest BCUT2D eigenvalue weighted by molar-refractivity contribution is 0.103. The number of fused-ring (bicyclic) bond motifs is 1. The number of carbonyl (C=O) groups is 1. The second-order valence-corrected chi connectivity index (χ2v) is 8.21. The van der Waals surface area contributed by atoms with Crippen LogP contribution in [0.1, 0.15) is 15.2 Å². The van der Waals surface area contributed by atoms with Crippen molar-refractivity contribution in [2.24, 2.45) is 5.14 Å². The summed E-state index contributed by atoms with van der Waals surface area (Å²) in [6, 6.07) is 11.8. The molecule has 0 fully saturated rings. The molecule has 0 aliphatic rings. The monoisotopic (exact) mass is 380 g/mol. The van der Waals surface area contributed by atoms with E-state index in [4.69, 9.17) is 16.7 Å². The lowest BCUT2D eigenvalue weighted by Gasteiger charge is -2.09. The van der Waals surface area contributed by atoms with E-state index >= 15 is 0 Å². The molecule has 0 aliphatic heterocycles. The first kappa shape index (κ1) is 16.9. The van der Waals surface area contributed by atoms with E-state index in [-0.39, 0.29) is 10.8 Å². The minimum absolute atomic E-state index is 0.00195. The zero-order valence-electron chi connectivity index (χ0n) is 12.5. The number of aryl methyl sites for hydroxylation is 1. The van der Waals surface area contributed by atoms with Gasteiger partial charge in [0.1, 0.15) is 4.88 Å². The number of carbonyl (C=O) groups excluding carboxylic acids is 1.